The minimum atomic E-state index is -3.10. The summed E-state index contributed by atoms with van der Waals surface area (Å²) in [6, 6.07) is 6.01. The molecule has 1 atom stereocenters. The molecule has 1 aromatic rings. The second-order valence-electron chi connectivity index (χ2n) is 6.50. The van der Waals surface area contributed by atoms with E-state index < -0.39 is 39.5 Å². The standard InChI is InChI=1S/C17H19N3O6S/c21-14(18-9-15(22)19-11-6-8-27(25,26)10-11)5-7-20-16(23)12-3-1-2-4-13(12)17(20)24/h1-4,11H,5-10H2,(H,18,21)(H,19,22). The van der Waals surface area contributed by atoms with Crippen LogP contribution in [0.1, 0.15) is 33.6 Å². The first kappa shape index (κ1) is 19.0. The maximum atomic E-state index is 12.2. The molecule has 0 bridgehead atoms. The van der Waals surface area contributed by atoms with E-state index in [0.29, 0.717) is 17.5 Å². The van der Waals surface area contributed by atoms with Gasteiger partial charge in [-0.3, -0.25) is 24.1 Å². The molecule has 0 saturated carbocycles. The van der Waals surface area contributed by atoms with E-state index in [1.54, 1.807) is 24.3 Å². The molecular formula is C17H19N3O6S. The number of nitrogens with zero attached hydrogens (tertiary/aromatic N) is 1. The van der Waals surface area contributed by atoms with Gasteiger partial charge in [0.15, 0.2) is 9.84 Å². The normalized spacial score (nSPS) is 20.4. The molecule has 4 amide bonds. The Morgan fingerprint density at radius 2 is 1.70 bits per heavy atom. The van der Waals surface area contributed by atoms with Crippen LogP contribution in [0, 0.1) is 0 Å². The van der Waals surface area contributed by atoms with Crippen molar-refractivity contribution in [1.29, 1.82) is 0 Å². The van der Waals surface area contributed by atoms with E-state index in [-0.39, 0.29) is 31.0 Å². The minimum absolute atomic E-state index is 0.0462. The van der Waals surface area contributed by atoms with Gasteiger partial charge in [0.25, 0.3) is 11.8 Å². The number of imide groups is 1. The van der Waals surface area contributed by atoms with Crippen LogP contribution in [-0.2, 0) is 19.4 Å². The number of rotatable bonds is 6. The quantitative estimate of drug-likeness (QED) is 0.602. The average Bonchev–Trinajstić information content (AvgIpc) is 3.09. The monoisotopic (exact) mass is 393 g/mol. The summed E-state index contributed by atoms with van der Waals surface area (Å²) in [6.07, 6.45) is 0.234. The molecule has 144 valence electrons. The number of benzene rings is 1. The summed E-state index contributed by atoms with van der Waals surface area (Å²) in [5, 5.41) is 4.96. The number of sulfone groups is 1. The summed E-state index contributed by atoms with van der Waals surface area (Å²) < 4.78 is 22.7. The summed E-state index contributed by atoms with van der Waals surface area (Å²) in [6.45, 7) is -0.377. The zero-order valence-corrected chi connectivity index (χ0v) is 15.3. The summed E-state index contributed by atoms with van der Waals surface area (Å²) in [4.78, 5) is 49.1. The topological polar surface area (TPSA) is 130 Å². The molecule has 2 N–H and O–H groups in total. The van der Waals surface area contributed by atoms with Gasteiger partial charge in [-0.05, 0) is 18.6 Å². The Morgan fingerprint density at radius 1 is 1.07 bits per heavy atom. The van der Waals surface area contributed by atoms with Crippen LogP contribution in [0.4, 0.5) is 0 Å². The summed E-state index contributed by atoms with van der Waals surface area (Å²) >= 11 is 0. The maximum Gasteiger partial charge on any atom is 0.261 e. The van der Waals surface area contributed by atoms with Crippen molar-refractivity contribution in [1.82, 2.24) is 15.5 Å². The zero-order valence-electron chi connectivity index (χ0n) is 14.4. The van der Waals surface area contributed by atoms with Crippen molar-refractivity contribution in [3.8, 4) is 0 Å². The van der Waals surface area contributed by atoms with Crippen molar-refractivity contribution < 1.29 is 27.6 Å². The van der Waals surface area contributed by atoms with Gasteiger partial charge >= 0.3 is 0 Å². The van der Waals surface area contributed by atoms with Gasteiger partial charge in [0.05, 0.1) is 29.2 Å². The maximum absolute atomic E-state index is 12.2. The number of hydrogen-bond donors (Lipinski definition) is 2. The van der Waals surface area contributed by atoms with E-state index in [9.17, 15) is 27.6 Å². The largest absolute Gasteiger partial charge is 0.351 e. The summed E-state index contributed by atoms with van der Waals surface area (Å²) in [5.74, 6) is -1.89. The van der Waals surface area contributed by atoms with E-state index >= 15 is 0 Å². The van der Waals surface area contributed by atoms with Crippen molar-refractivity contribution in [3.63, 3.8) is 0 Å². The Balaban J connectivity index is 1.42. The lowest BCUT2D eigenvalue weighted by atomic mass is 10.1. The first-order chi connectivity index (χ1) is 12.8. The lowest BCUT2D eigenvalue weighted by molar-refractivity contribution is -0.126. The van der Waals surface area contributed by atoms with Gasteiger partial charge in [-0.2, -0.15) is 0 Å². The summed E-state index contributed by atoms with van der Waals surface area (Å²) in [7, 11) is -3.10. The fraction of sp³-hybridized carbons (Fsp3) is 0.412. The number of carbonyl (C=O) groups excluding carboxylic acids is 4. The number of nitrogens with one attached hydrogen (secondary N) is 2. The third-order valence-electron chi connectivity index (χ3n) is 4.48. The van der Waals surface area contributed by atoms with E-state index in [2.05, 4.69) is 10.6 Å². The SMILES string of the molecule is O=C(CCN1C(=O)c2ccccc2C1=O)NCC(=O)NC1CCS(=O)(=O)C1. The third kappa shape index (κ3) is 4.33. The molecule has 0 spiro atoms. The average molecular weight is 393 g/mol. The number of fused-ring (bicyclic) bond motifs is 1. The molecule has 1 aromatic carbocycles. The van der Waals surface area contributed by atoms with Gasteiger partial charge in [0.1, 0.15) is 0 Å². The molecule has 27 heavy (non-hydrogen) atoms. The highest BCUT2D eigenvalue weighted by molar-refractivity contribution is 7.91. The van der Waals surface area contributed by atoms with Crippen LogP contribution < -0.4 is 10.6 Å². The molecule has 0 radical (unpaired) electrons. The summed E-state index contributed by atoms with van der Waals surface area (Å²) in [5.41, 5.74) is 0.627. The highest BCUT2D eigenvalue weighted by atomic mass is 32.2. The lowest BCUT2D eigenvalue weighted by Crippen LogP contribution is -2.43. The Labute approximate surface area is 156 Å². The molecule has 1 unspecified atom stereocenters. The van der Waals surface area contributed by atoms with Crippen LogP contribution >= 0.6 is 0 Å². The molecule has 1 fully saturated rings. The Bertz CT molecular complexity index is 876. The third-order valence-corrected chi connectivity index (χ3v) is 6.25. The fourth-order valence-electron chi connectivity index (χ4n) is 3.11. The van der Waals surface area contributed by atoms with Crippen molar-refractivity contribution in [2.75, 3.05) is 24.6 Å². The van der Waals surface area contributed by atoms with Crippen LogP contribution in [0.3, 0.4) is 0 Å². The van der Waals surface area contributed by atoms with E-state index in [1.165, 1.54) is 0 Å². The minimum Gasteiger partial charge on any atom is -0.351 e. The van der Waals surface area contributed by atoms with Crippen molar-refractivity contribution in [2.24, 2.45) is 0 Å². The van der Waals surface area contributed by atoms with Crippen LogP contribution in [0.25, 0.3) is 0 Å². The Hall–Kier alpha value is -2.75. The Morgan fingerprint density at radius 3 is 2.26 bits per heavy atom. The molecule has 0 aromatic heterocycles. The van der Waals surface area contributed by atoms with Gasteiger partial charge in [0, 0.05) is 19.0 Å². The van der Waals surface area contributed by atoms with Crippen molar-refractivity contribution in [2.45, 2.75) is 18.9 Å². The molecule has 2 heterocycles. The smallest absolute Gasteiger partial charge is 0.261 e. The molecule has 2 aliphatic heterocycles. The highest BCUT2D eigenvalue weighted by Gasteiger charge is 2.35. The van der Waals surface area contributed by atoms with Crippen LogP contribution in [0.5, 0.6) is 0 Å². The van der Waals surface area contributed by atoms with Crippen molar-refractivity contribution in [3.05, 3.63) is 35.4 Å². The van der Waals surface area contributed by atoms with Gasteiger partial charge < -0.3 is 10.6 Å². The molecule has 9 nitrogen and oxygen atoms in total. The van der Waals surface area contributed by atoms with Crippen LogP contribution in [-0.4, -0.2) is 67.6 Å². The first-order valence-corrected chi connectivity index (χ1v) is 10.3. The predicted octanol–water partition coefficient (Wildman–Crippen LogP) is -0.908. The molecule has 1 saturated heterocycles. The van der Waals surface area contributed by atoms with Gasteiger partial charge in [-0.15, -0.1) is 0 Å². The zero-order chi connectivity index (χ0) is 19.6. The highest BCUT2D eigenvalue weighted by Crippen LogP contribution is 2.22. The number of amides is 4. The van der Waals surface area contributed by atoms with Gasteiger partial charge in [-0.1, -0.05) is 12.1 Å². The van der Waals surface area contributed by atoms with Crippen molar-refractivity contribution >= 4 is 33.5 Å². The molecule has 0 aliphatic carbocycles. The predicted molar refractivity (Wildman–Crippen MR) is 94.6 cm³/mol. The number of hydrogen-bond acceptors (Lipinski definition) is 6. The molecular weight excluding hydrogens is 374 g/mol. The van der Waals surface area contributed by atoms with Gasteiger partial charge in [-0.25, -0.2) is 8.42 Å². The second kappa shape index (κ2) is 7.47. The van der Waals surface area contributed by atoms with Gasteiger partial charge in [0.2, 0.25) is 11.8 Å². The second-order valence-corrected chi connectivity index (χ2v) is 8.73. The Kier molecular flexibility index (Phi) is 5.26. The van der Waals surface area contributed by atoms with E-state index in [4.69, 9.17) is 0 Å². The molecule has 10 heteroatoms. The first-order valence-electron chi connectivity index (χ1n) is 8.48. The van der Waals surface area contributed by atoms with E-state index in [1.807, 2.05) is 0 Å². The van der Waals surface area contributed by atoms with Crippen LogP contribution in [0.2, 0.25) is 0 Å². The fourth-order valence-corrected chi connectivity index (χ4v) is 4.78. The molecule has 2 aliphatic rings. The lowest BCUT2D eigenvalue weighted by Gasteiger charge is -2.14. The molecule has 3 rings (SSSR count). The number of carbonyl (C=O) groups is 4. The van der Waals surface area contributed by atoms with Crippen LogP contribution in [0.15, 0.2) is 24.3 Å². The van der Waals surface area contributed by atoms with E-state index in [0.717, 1.165) is 4.90 Å².